The first-order valence-corrected chi connectivity index (χ1v) is 7.00. The first-order chi connectivity index (χ1) is 7.25. The molecule has 2 heterocycles. The Morgan fingerprint density at radius 1 is 1.40 bits per heavy atom. The van der Waals surface area contributed by atoms with E-state index in [1.165, 1.54) is 12.8 Å². The van der Waals surface area contributed by atoms with Gasteiger partial charge in [0.15, 0.2) is 5.82 Å². The summed E-state index contributed by atoms with van der Waals surface area (Å²) in [5, 5.41) is 8.17. The van der Waals surface area contributed by atoms with Gasteiger partial charge in [0.25, 0.3) is 0 Å². The molecule has 1 aliphatic rings. The quantitative estimate of drug-likeness (QED) is 0.824. The Hall–Kier alpha value is -0.200. The van der Waals surface area contributed by atoms with Gasteiger partial charge in [-0.25, -0.2) is 0 Å². The third-order valence-corrected chi connectivity index (χ3v) is 5.63. The summed E-state index contributed by atoms with van der Waals surface area (Å²) < 4.78 is 4.35. The third-order valence-electron chi connectivity index (χ3n) is 2.38. The molecule has 1 fully saturated rings. The van der Waals surface area contributed by atoms with Crippen LogP contribution < -0.4 is 0 Å². The van der Waals surface area contributed by atoms with E-state index >= 15 is 0 Å². The second kappa shape index (κ2) is 3.68. The molecule has 3 nitrogen and oxygen atoms in total. The molecule has 1 aliphatic carbocycles. The number of thiophene rings is 1. The van der Waals surface area contributed by atoms with Crippen LogP contribution in [0.2, 0.25) is 0 Å². The molecular weight excluding hydrogens is 342 g/mol. The van der Waals surface area contributed by atoms with Crippen molar-refractivity contribution in [2.24, 2.45) is 0 Å². The van der Waals surface area contributed by atoms with Gasteiger partial charge in [0.1, 0.15) is 6.33 Å². The Bertz CT molecular complexity index is 482. The number of hydrogen-bond donors (Lipinski definition) is 0. The predicted octanol–water partition coefficient (Wildman–Crippen LogP) is 3.87. The minimum absolute atomic E-state index is 0.620. The number of nitrogens with zero attached hydrogens (tertiary/aromatic N) is 3. The van der Waals surface area contributed by atoms with Crippen molar-refractivity contribution in [3.8, 4) is 10.7 Å². The topological polar surface area (TPSA) is 30.7 Å². The van der Waals surface area contributed by atoms with Gasteiger partial charge >= 0.3 is 0 Å². The fourth-order valence-corrected chi connectivity index (χ4v) is 3.52. The van der Waals surface area contributed by atoms with Gasteiger partial charge in [-0.1, -0.05) is 0 Å². The normalized spacial score (nSPS) is 15.9. The van der Waals surface area contributed by atoms with E-state index < -0.39 is 0 Å². The number of rotatable bonds is 2. The minimum atomic E-state index is 0.620. The van der Waals surface area contributed by atoms with Gasteiger partial charge in [-0.15, -0.1) is 21.5 Å². The van der Waals surface area contributed by atoms with Crippen molar-refractivity contribution < 1.29 is 0 Å². The second-order valence-corrected chi connectivity index (χ2v) is 6.75. The average Bonchev–Trinajstić information content (AvgIpc) is 2.85. The molecule has 78 valence electrons. The Morgan fingerprint density at radius 2 is 2.20 bits per heavy atom. The van der Waals surface area contributed by atoms with Gasteiger partial charge < -0.3 is 4.57 Å². The van der Waals surface area contributed by atoms with E-state index in [1.807, 2.05) is 6.33 Å². The molecule has 0 amide bonds. The standard InChI is InChI=1S/C9H7Br2N3S/c10-6-3-7(15-8(6)11)9-13-12-4-14(9)5-1-2-5/h3-5H,1-2H2. The lowest BCUT2D eigenvalue weighted by Gasteiger charge is -2.00. The summed E-state index contributed by atoms with van der Waals surface area (Å²) in [5.41, 5.74) is 0. The molecule has 0 radical (unpaired) electrons. The predicted molar refractivity (Wildman–Crippen MR) is 67.0 cm³/mol. The summed E-state index contributed by atoms with van der Waals surface area (Å²) in [6.07, 6.45) is 4.33. The van der Waals surface area contributed by atoms with Gasteiger partial charge in [-0.05, 0) is 50.8 Å². The van der Waals surface area contributed by atoms with Crippen molar-refractivity contribution in [3.63, 3.8) is 0 Å². The Labute approximate surface area is 108 Å². The van der Waals surface area contributed by atoms with Crippen molar-refractivity contribution in [3.05, 3.63) is 20.7 Å². The zero-order chi connectivity index (χ0) is 10.4. The number of hydrogen-bond acceptors (Lipinski definition) is 3. The van der Waals surface area contributed by atoms with E-state index in [0.717, 1.165) is 19.0 Å². The highest BCUT2D eigenvalue weighted by Gasteiger charge is 2.27. The molecule has 0 aromatic carbocycles. The van der Waals surface area contributed by atoms with E-state index in [1.54, 1.807) is 11.3 Å². The second-order valence-electron chi connectivity index (χ2n) is 3.53. The molecule has 0 spiro atoms. The van der Waals surface area contributed by atoms with Gasteiger partial charge in [0, 0.05) is 10.5 Å². The highest BCUT2D eigenvalue weighted by molar-refractivity contribution is 9.13. The molecule has 2 aromatic heterocycles. The van der Waals surface area contributed by atoms with E-state index in [2.05, 4.69) is 52.7 Å². The van der Waals surface area contributed by atoms with Crippen LogP contribution in [0.5, 0.6) is 0 Å². The monoisotopic (exact) mass is 347 g/mol. The largest absolute Gasteiger partial charge is 0.310 e. The van der Waals surface area contributed by atoms with Crippen LogP contribution in [-0.4, -0.2) is 14.8 Å². The highest BCUT2D eigenvalue weighted by Crippen LogP contribution is 2.41. The Morgan fingerprint density at radius 3 is 2.80 bits per heavy atom. The summed E-state index contributed by atoms with van der Waals surface area (Å²) in [6.45, 7) is 0. The SMILES string of the molecule is Brc1cc(-c2nncn2C2CC2)sc1Br. The summed E-state index contributed by atoms with van der Waals surface area (Å²) >= 11 is 8.66. The lowest BCUT2D eigenvalue weighted by molar-refractivity contribution is 0.747. The van der Waals surface area contributed by atoms with E-state index in [-0.39, 0.29) is 0 Å². The van der Waals surface area contributed by atoms with Crippen LogP contribution in [0.1, 0.15) is 18.9 Å². The average molecular weight is 349 g/mol. The minimum Gasteiger partial charge on any atom is -0.310 e. The molecule has 15 heavy (non-hydrogen) atoms. The Kier molecular flexibility index (Phi) is 2.45. The van der Waals surface area contributed by atoms with Crippen LogP contribution in [0.4, 0.5) is 0 Å². The molecule has 0 aliphatic heterocycles. The van der Waals surface area contributed by atoms with Crippen molar-refractivity contribution in [1.82, 2.24) is 14.8 Å². The lowest BCUT2D eigenvalue weighted by atomic mass is 10.4. The zero-order valence-electron chi connectivity index (χ0n) is 7.65. The van der Waals surface area contributed by atoms with E-state index in [9.17, 15) is 0 Å². The van der Waals surface area contributed by atoms with Gasteiger partial charge in [-0.3, -0.25) is 0 Å². The van der Waals surface area contributed by atoms with Crippen LogP contribution in [0.3, 0.4) is 0 Å². The summed E-state index contributed by atoms with van der Waals surface area (Å²) in [4.78, 5) is 1.15. The smallest absolute Gasteiger partial charge is 0.174 e. The van der Waals surface area contributed by atoms with Crippen LogP contribution >= 0.6 is 43.2 Å². The zero-order valence-corrected chi connectivity index (χ0v) is 11.6. The summed E-state index contributed by atoms with van der Waals surface area (Å²) in [5.74, 6) is 0.980. The maximum absolute atomic E-state index is 4.18. The first-order valence-electron chi connectivity index (χ1n) is 4.60. The number of halogens is 2. The maximum atomic E-state index is 4.18. The van der Waals surface area contributed by atoms with Gasteiger partial charge in [0.05, 0.1) is 8.66 Å². The van der Waals surface area contributed by atoms with Crippen molar-refractivity contribution in [2.45, 2.75) is 18.9 Å². The molecule has 6 heteroatoms. The number of aromatic nitrogens is 3. The van der Waals surface area contributed by atoms with E-state index in [0.29, 0.717) is 6.04 Å². The lowest BCUT2D eigenvalue weighted by Crippen LogP contribution is -1.93. The fraction of sp³-hybridized carbons (Fsp3) is 0.333. The molecule has 0 saturated heterocycles. The van der Waals surface area contributed by atoms with Gasteiger partial charge in [0.2, 0.25) is 0 Å². The summed E-state index contributed by atoms with van der Waals surface area (Å²) in [7, 11) is 0. The fourth-order valence-electron chi connectivity index (χ4n) is 1.50. The molecular formula is C9H7Br2N3S. The van der Waals surface area contributed by atoms with Crippen LogP contribution in [0.15, 0.2) is 20.7 Å². The van der Waals surface area contributed by atoms with E-state index in [4.69, 9.17) is 0 Å². The van der Waals surface area contributed by atoms with Gasteiger partial charge in [-0.2, -0.15) is 0 Å². The third kappa shape index (κ3) is 1.79. The molecule has 0 atom stereocenters. The van der Waals surface area contributed by atoms with Crippen molar-refractivity contribution >= 4 is 43.2 Å². The van der Waals surface area contributed by atoms with Crippen molar-refractivity contribution in [1.29, 1.82) is 0 Å². The summed E-state index contributed by atoms with van der Waals surface area (Å²) in [6, 6.07) is 2.70. The Balaban J connectivity index is 2.07. The maximum Gasteiger partial charge on any atom is 0.174 e. The highest BCUT2D eigenvalue weighted by atomic mass is 79.9. The first kappa shape index (κ1) is 9.99. The molecule has 2 aromatic rings. The molecule has 3 rings (SSSR count). The van der Waals surface area contributed by atoms with Crippen LogP contribution in [-0.2, 0) is 0 Å². The molecule has 0 unspecified atom stereocenters. The molecule has 0 bridgehead atoms. The van der Waals surface area contributed by atoms with Crippen molar-refractivity contribution in [2.75, 3.05) is 0 Å². The van der Waals surface area contributed by atoms with Crippen LogP contribution in [0.25, 0.3) is 10.7 Å². The van der Waals surface area contributed by atoms with Crippen LogP contribution in [0, 0.1) is 0 Å². The molecule has 0 N–H and O–H groups in total. The molecule has 1 saturated carbocycles.